The molecule has 3 rings (SSSR count). The summed E-state index contributed by atoms with van der Waals surface area (Å²) in [4.78, 5) is 36.3. The van der Waals surface area contributed by atoms with Gasteiger partial charge in [-0.15, -0.1) is 0 Å². The summed E-state index contributed by atoms with van der Waals surface area (Å²) in [5, 5.41) is 9.47. The number of amides is 1. The van der Waals surface area contributed by atoms with E-state index in [-0.39, 0.29) is 11.3 Å². The number of nitrogens with zero attached hydrogens (tertiary/aromatic N) is 4. The summed E-state index contributed by atoms with van der Waals surface area (Å²) in [5.41, 5.74) is 0.990. The summed E-state index contributed by atoms with van der Waals surface area (Å²) in [5.74, 6) is 0.718. The van der Waals surface area contributed by atoms with Gasteiger partial charge in [-0.3, -0.25) is 4.79 Å². The van der Waals surface area contributed by atoms with Crippen LogP contribution in [0.1, 0.15) is 51.0 Å². The monoisotopic (exact) mass is 360 g/mol. The Morgan fingerprint density at radius 3 is 2.54 bits per heavy atom. The van der Waals surface area contributed by atoms with Gasteiger partial charge in [-0.1, -0.05) is 13.3 Å². The second-order valence-electron chi connectivity index (χ2n) is 7.71. The number of carboxylic acid groups (broad SMARTS) is 1. The average Bonchev–Trinajstić information content (AvgIpc) is 2.95. The van der Waals surface area contributed by atoms with Crippen molar-refractivity contribution in [2.24, 2.45) is 5.41 Å². The number of aryl methyl sites for hydroxylation is 2. The Bertz CT molecular complexity index is 674. The van der Waals surface area contributed by atoms with Gasteiger partial charge in [-0.25, -0.2) is 14.8 Å². The summed E-state index contributed by atoms with van der Waals surface area (Å²) < 4.78 is 0. The number of aromatic nitrogens is 2. The van der Waals surface area contributed by atoms with Crippen LogP contribution in [0.25, 0.3) is 0 Å². The van der Waals surface area contributed by atoms with Gasteiger partial charge in [0.15, 0.2) is 0 Å². The number of carboxylic acids is 1. The predicted molar refractivity (Wildman–Crippen MR) is 98.1 cm³/mol. The highest BCUT2D eigenvalue weighted by molar-refractivity contribution is 5.83. The van der Waals surface area contributed by atoms with Crippen molar-refractivity contribution in [1.29, 1.82) is 0 Å². The molecule has 26 heavy (non-hydrogen) atoms. The Morgan fingerprint density at radius 2 is 2.00 bits per heavy atom. The number of hydrogen-bond donors (Lipinski definition) is 1. The molecular formula is C19H28N4O3. The zero-order valence-electron chi connectivity index (χ0n) is 15.9. The Hall–Kier alpha value is -2.18. The van der Waals surface area contributed by atoms with Crippen molar-refractivity contribution in [3.05, 3.63) is 17.6 Å². The van der Waals surface area contributed by atoms with Crippen LogP contribution in [0.3, 0.4) is 0 Å². The van der Waals surface area contributed by atoms with Crippen LogP contribution in [0.4, 0.5) is 5.82 Å². The SMILES string of the molecule is CCCc1cc(N2CCC3(CC2)C[C@@H](C(=O)O)N(C(C)=O)C3)nc(C)n1. The number of piperidine rings is 1. The molecule has 1 atom stereocenters. The predicted octanol–water partition coefficient (Wildman–Crippen LogP) is 2.03. The lowest BCUT2D eigenvalue weighted by Gasteiger charge is -2.39. The lowest BCUT2D eigenvalue weighted by Crippen LogP contribution is -2.42. The van der Waals surface area contributed by atoms with Gasteiger partial charge in [0.1, 0.15) is 17.7 Å². The maximum atomic E-state index is 11.8. The summed E-state index contributed by atoms with van der Waals surface area (Å²) in [6.45, 7) is 7.75. The van der Waals surface area contributed by atoms with Crippen molar-refractivity contribution >= 4 is 17.7 Å². The van der Waals surface area contributed by atoms with Crippen molar-refractivity contribution in [2.45, 2.75) is 58.9 Å². The molecule has 3 heterocycles. The van der Waals surface area contributed by atoms with E-state index in [1.54, 1.807) is 0 Å². The smallest absolute Gasteiger partial charge is 0.326 e. The molecule has 1 spiro atoms. The van der Waals surface area contributed by atoms with Crippen molar-refractivity contribution in [1.82, 2.24) is 14.9 Å². The molecule has 0 aliphatic carbocycles. The molecule has 1 aromatic rings. The summed E-state index contributed by atoms with van der Waals surface area (Å²) in [7, 11) is 0. The van der Waals surface area contributed by atoms with E-state index in [4.69, 9.17) is 0 Å². The number of likely N-dealkylation sites (tertiary alicyclic amines) is 1. The molecule has 142 valence electrons. The Balaban J connectivity index is 1.71. The molecule has 0 unspecified atom stereocenters. The molecule has 1 amide bonds. The Kier molecular flexibility index (Phi) is 5.16. The molecule has 2 saturated heterocycles. The Labute approximate surface area is 154 Å². The topological polar surface area (TPSA) is 86.6 Å². The van der Waals surface area contributed by atoms with E-state index in [1.165, 1.54) is 11.8 Å². The first-order valence-corrected chi connectivity index (χ1v) is 9.43. The highest BCUT2D eigenvalue weighted by Gasteiger charge is 2.49. The molecule has 7 nitrogen and oxygen atoms in total. The minimum atomic E-state index is -0.893. The molecular weight excluding hydrogens is 332 g/mol. The standard InChI is InChI=1S/C19H28N4O3/c1-4-5-15-10-17(21-13(2)20-15)22-8-6-19(7-9-22)11-16(18(25)26)23(12-19)14(3)24/h10,16H,4-9,11-12H2,1-3H3,(H,25,26)/t16-/m0/s1. The van der Waals surface area contributed by atoms with Crippen molar-refractivity contribution in [2.75, 3.05) is 24.5 Å². The van der Waals surface area contributed by atoms with E-state index in [1.807, 2.05) is 6.92 Å². The van der Waals surface area contributed by atoms with E-state index in [9.17, 15) is 14.7 Å². The van der Waals surface area contributed by atoms with Crippen LogP contribution in [-0.4, -0.2) is 57.5 Å². The van der Waals surface area contributed by atoms with Crippen LogP contribution in [0, 0.1) is 12.3 Å². The van der Waals surface area contributed by atoms with E-state index in [0.29, 0.717) is 13.0 Å². The second kappa shape index (κ2) is 7.21. The zero-order valence-corrected chi connectivity index (χ0v) is 15.9. The minimum Gasteiger partial charge on any atom is -0.480 e. The van der Waals surface area contributed by atoms with E-state index >= 15 is 0 Å². The zero-order chi connectivity index (χ0) is 18.9. The second-order valence-corrected chi connectivity index (χ2v) is 7.71. The first-order chi connectivity index (χ1) is 12.3. The molecule has 0 radical (unpaired) electrons. The molecule has 1 aromatic heterocycles. The number of carbonyl (C=O) groups is 2. The van der Waals surface area contributed by atoms with Crippen LogP contribution in [0.15, 0.2) is 6.07 Å². The number of hydrogen-bond acceptors (Lipinski definition) is 5. The van der Waals surface area contributed by atoms with Gasteiger partial charge in [0.05, 0.1) is 0 Å². The highest BCUT2D eigenvalue weighted by atomic mass is 16.4. The number of anilines is 1. The number of aliphatic carboxylic acids is 1. The third-order valence-electron chi connectivity index (χ3n) is 5.73. The fraction of sp³-hybridized carbons (Fsp3) is 0.684. The molecule has 7 heteroatoms. The normalized spacial score (nSPS) is 22.0. The number of carbonyl (C=O) groups excluding carboxylic acids is 1. The van der Waals surface area contributed by atoms with Gasteiger partial charge in [0.25, 0.3) is 0 Å². The molecule has 2 aliphatic heterocycles. The van der Waals surface area contributed by atoms with E-state index in [2.05, 4.69) is 27.9 Å². The summed E-state index contributed by atoms with van der Waals surface area (Å²) in [6.07, 6.45) is 4.32. The molecule has 2 aliphatic rings. The lowest BCUT2D eigenvalue weighted by atomic mass is 9.76. The largest absolute Gasteiger partial charge is 0.480 e. The molecule has 2 fully saturated rings. The van der Waals surface area contributed by atoms with Crippen molar-refractivity contribution < 1.29 is 14.7 Å². The van der Waals surface area contributed by atoms with Gasteiger partial charge in [-0.05, 0) is 38.0 Å². The van der Waals surface area contributed by atoms with Gasteiger partial charge in [0, 0.05) is 38.3 Å². The van der Waals surface area contributed by atoms with E-state index < -0.39 is 12.0 Å². The minimum absolute atomic E-state index is 0.0838. The molecule has 0 saturated carbocycles. The van der Waals surface area contributed by atoms with Crippen LogP contribution in [-0.2, 0) is 16.0 Å². The first kappa shape index (κ1) is 18.6. The van der Waals surface area contributed by atoms with Crippen LogP contribution < -0.4 is 4.90 Å². The van der Waals surface area contributed by atoms with Crippen LogP contribution in [0.2, 0.25) is 0 Å². The highest BCUT2D eigenvalue weighted by Crippen LogP contribution is 2.44. The quantitative estimate of drug-likeness (QED) is 0.884. The van der Waals surface area contributed by atoms with Crippen molar-refractivity contribution in [3.8, 4) is 0 Å². The Morgan fingerprint density at radius 1 is 1.31 bits per heavy atom. The fourth-order valence-electron chi connectivity index (χ4n) is 4.34. The average molecular weight is 360 g/mol. The van der Waals surface area contributed by atoms with Gasteiger partial charge in [0.2, 0.25) is 5.91 Å². The lowest BCUT2D eigenvalue weighted by molar-refractivity contribution is -0.147. The summed E-state index contributed by atoms with van der Waals surface area (Å²) in [6, 6.07) is 1.39. The van der Waals surface area contributed by atoms with Gasteiger partial charge >= 0.3 is 5.97 Å². The maximum Gasteiger partial charge on any atom is 0.326 e. The molecule has 0 bridgehead atoms. The maximum absolute atomic E-state index is 11.8. The number of rotatable bonds is 4. The third-order valence-corrected chi connectivity index (χ3v) is 5.73. The van der Waals surface area contributed by atoms with Crippen LogP contribution in [0.5, 0.6) is 0 Å². The third kappa shape index (κ3) is 3.66. The van der Waals surface area contributed by atoms with Gasteiger partial charge < -0.3 is 14.9 Å². The molecule has 1 N–H and O–H groups in total. The van der Waals surface area contributed by atoms with E-state index in [0.717, 1.165) is 56.1 Å². The fourth-order valence-corrected chi connectivity index (χ4v) is 4.34. The van der Waals surface area contributed by atoms with Crippen molar-refractivity contribution in [3.63, 3.8) is 0 Å². The van der Waals surface area contributed by atoms with Crippen LogP contribution >= 0.6 is 0 Å². The molecule has 0 aromatic carbocycles. The first-order valence-electron chi connectivity index (χ1n) is 9.43. The summed E-state index contributed by atoms with van der Waals surface area (Å²) >= 11 is 0. The van der Waals surface area contributed by atoms with Gasteiger partial charge in [-0.2, -0.15) is 0 Å².